The van der Waals surface area contributed by atoms with E-state index in [1.54, 1.807) is 24.3 Å². The van der Waals surface area contributed by atoms with Gasteiger partial charge >= 0.3 is 0 Å². The van der Waals surface area contributed by atoms with Crippen LogP contribution < -0.4 is 5.32 Å². The van der Waals surface area contributed by atoms with Gasteiger partial charge in [-0.3, -0.25) is 4.79 Å². The molecule has 0 saturated heterocycles. The molecular weight excluding hydrogens is 375 g/mol. The fraction of sp³-hybridized carbons (Fsp3) is 0.0909. The zero-order chi connectivity index (χ0) is 19.3. The molecule has 0 aliphatic heterocycles. The van der Waals surface area contributed by atoms with Crippen molar-refractivity contribution in [2.45, 2.75) is 17.5 Å². The quantitative estimate of drug-likeness (QED) is 0.459. The molecule has 0 fully saturated rings. The fourth-order valence-electron chi connectivity index (χ4n) is 2.83. The van der Waals surface area contributed by atoms with Crippen LogP contribution >= 0.6 is 11.8 Å². The summed E-state index contributed by atoms with van der Waals surface area (Å²) in [6.45, 7) is 0.137. The minimum Gasteiger partial charge on any atom is -0.431 e. The van der Waals surface area contributed by atoms with E-state index in [0.717, 1.165) is 16.7 Å². The summed E-state index contributed by atoms with van der Waals surface area (Å²) in [6, 6.07) is 21.3. The van der Waals surface area contributed by atoms with Crippen molar-refractivity contribution in [3.63, 3.8) is 0 Å². The molecule has 0 atom stereocenters. The molecular formula is C22H17FN2O2S. The molecule has 140 valence electrons. The molecule has 4 nitrogen and oxygen atoms in total. The van der Waals surface area contributed by atoms with Crippen LogP contribution in [0.3, 0.4) is 0 Å². The third-order valence-electron chi connectivity index (χ3n) is 4.28. The molecule has 4 rings (SSSR count). The van der Waals surface area contributed by atoms with Crippen LogP contribution in [0, 0.1) is 5.82 Å². The first kappa shape index (κ1) is 18.3. The smallest absolute Gasteiger partial charge is 0.257 e. The maximum Gasteiger partial charge on any atom is 0.257 e. The first-order valence-corrected chi connectivity index (χ1v) is 9.77. The number of hydrogen-bond acceptors (Lipinski definition) is 4. The van der Waals surface area contributed by atoms with Gasteiger partial charge < -0.3 is 9.73 Å². The second-order valence-electron chi connectivity index (χ2n) is 6.17. The summed E-state index contributed by atoms with van der Waals surface area (Å²) in [4.78, 5) is 17.1. The second-order valence-corrected chi connectivity index (χ2v) is 7.09. The van der Waals surface area contributed by atoms with Gasteiger partial charge in [0.15, 0.2) is 5.58 Å². The minimum absolute atomic E-state index is 0.137. The van der Waals surface area contributed by atoms with E-state index in [4.69, 9.17) is 4.42 Å². The maximum atomic E-state index is 13.7. The Balaban J connectivity index is 1.45. The van der Waals surface area contributed by atoms with Gasteiger partial charge in [0, 0.05) is 23.4 Å². The van der Waals surface area contributed by atoms with Crippen molar-refractivity contribution in [1.29, 1.82) is 0 Å². The third-order valence-corrected chi connectivity index (χ3v) is 5.16. The lowest BCUT2D eigenvalue weighted by atomic mass is 10.1. The second kappa shape index (κ2) is 8.27. The lowest BCUT2D eigenvalue weighted by molar-refractivity contribution is 0.0950. The van der Waals surface area contributed by atoms with Crippen LogP contribution in [0.25, 0.3) is 11.1 Å². The molecule has 1 aromatic heterocycles. The number of carbonyl (C=O) groups excluding carboxylic acids is 1. The van der Waals surface area contributed by atoms with Crippen LogP contribution in [0.15, 0.2) is 82.4 Å². The standard InChI is InChI=1S/C22H17FN2O2S/c23-18-10-4-2-7-15(18)13-24-21(26)17-9-3-1-8-16(17)14-28-22-25-19-11-5-6-12-20(19)27-22/h1-12H,13-14H2,(H,24,26). The summed E-state index contributed by atoms with van der Waals surface area (Å²) < 4.78 is 19.5. The molecule has 0 bridgehead atoms. The number of aromatic nitrogens is 1. The number of halogens is 1. The highest BCUT2D eigenvalue weighted by molar-refractivity contribution is 7.98. The molecule has 0 spiro atoms. The molecule has 6 heteroatoms. The van der Waals surface area contributed by atoms with Gasteiger partial charge in [-0.2, -0.15) is 0 Å². The number of nitrogens with one attached hydrogen (secondary N) is 1. The van der Waals surface area contributed by atoms with Crippen molar-refractivity contribution >= 4 is 28.8 Å². The Hall–Kier alpha value is -3.12. The number of para-hydroxylation sites is 2. The van der Waals surface area contributed by atoms with Crippen LogP contribution in [0.4, 0.5) is 4.39 Å². The van der Waals surface area contributed by atoms with Gasteiger partial charge in [-0.05, 0) is 29.8 Å². The Labute approximate surface area is 165 Å². The topological polar surface area (TPSA) is 55.1 Å². The van der Waals surface area contributed by atoms with E-state index >= 15 is 0 Å². The van der Waals surface area contributed by atoms with Crippen molar-refractivity contribution in [3.8, 4) is 0 Å². The van der Waals surface area contributed by atoms with Crippen LogP contribution in [0.2, 0.25) is 0 Å². The number of fused-ring (bicyclic) bond motifs is 1. The van der Waals surface area contributed by atoms with Crippen molar-refractivity contribution in [2.75, 3.05) is 0 Å². The number of rotatable bonds is 6. The summed E-state index contributed by atoms with van der Waals surface area (Å²) in [7, 11) is 0. The Morgan fingerprint density at radius 1 is 0.964 bits per heavy atom. The largest absolute Gasteiger partial charge is 0.431 e. The molecule has 0 unspecified atom stereocenters. The van der Waals surface area contributed by atoms with E-state index in [-0.39, 0.29) is 18.3 Å². The summed E-state index contributed by atoms with van der Waals surface area (Å²) in [5.74, 6) is -0.0320. The van der Waals surface area contributed by atoms with E-state index in [9.17, 15) is 9.18 Å². The SMILES string of the molecule is O=C(NCc1ccccc1F)c1ccccc1CSc1nc2ccccc2o1. The number of thioether (sulfide) groups is 1. The maximum absolute atomic E-state index is 13.7. The Morgan fingerprint density at radius 3 is 2.50 bits per heavy atom. The average Bonchev–Trinajstić information content (AvgIpc) is 3.15. The highest BCUT2D eigenvalue weighted by Crippen LogP contribution is 2.27. The van der Waals surface area contributed by atoms with E-state index in [1.165, 1.54) is 17.8 Å². The van der Waals surface area contributed by atoms with Crippen molar-refractivity contribution in [1.82, 2.24) is 10.3 Å². The minimum atomic E-state index is -0.331. The van der Waals surface area contributed by atoms with Crippen LogP contribution in [0.1, 0.15) is 21.5 Å². The Morgan fingerprint density at radius 2 is 1.68 bits per heavy atom. The summed E-state index contributed by atoms with van der Waals surface area (Å²) in [5.41, 5.74) is 3.42. The molecule has 1 N–H and O–H groups in total. The predicted octanol–water partition coefficient (Wildman–Crippen LogP) is 5.19. The zero-order valence-corrected chi connectivity index (χ0v) is 15.7. The van der Waals surface area contributed by atoms with E-state index in [2.05, 4.69) is 10.3 Å². The third kappa shape index (κ3) is 4.07. The molecule has 1 amide bonds. The van der Waals surface area contributed by atoms with Gasteiger partial charge in [0.2, 0.25) is 0 Å². The lowest BCUT2D eigenvalue weighted by Gasteiger charge is -2.10. The molecule has 4 aromatic rings. The molecule has 0 aliphatic carbocycles. The average molecular weight is 392 g/mol. The molecule has 28 heavy (non-hydrogen) atoms. The first-order valence-electron chi connectivity index (χ1n) is 8.78. The predicted molar refractivity (Wildman–Crippen MR) is 108 cm³/mol. The molecule has 1 heterocycles. The Kier molecular flexibility index (Phi) is 5.39. The number of carbonyl (C=O) groups is 1. The van der Waals surface area contributed by atoms with Gasteiger partial charge in [-0.1, -0.05) is 60.3 Å². The van der Waals surface area contributed by atoms with Crippen molar-refractivity contribution in [3.05, 3.63) is 95.3 Å². The summed E-state index contributed by atoms with van der Waals surface area (Å²) in [6.07, 6.45) is 0. The number of benzene rings is 3. The number of oxazole rings is 1. The molecule has 3 aromatic carbocycles. The van der Waals surface area contributed by atoms with Gasteiger partial charge in [0.1, 0.15) is 11.3 Å². The lowest BCUT2D eigenvalue weighted by Crippen LogP contribution is -2.24. The van der Waals surface area contributed by atoms with E-state index in [0.29, 0.717) is 22.1 Å². The van der Waals surface area contributed by atoms with Gasteiger partial charge in [-0.25, -0.2) is 9.37 Å². The monoisotopic (exact) mass is 392 g/mol. The summed E-state index contributed by atoms with van der Waals surface area (Å²) in [5, 5.41) is 3.35. The van der Waals surface area contributed by atoms with Gasteiger partial charge in [-0.15, -0.1) is 0 Å². The summed E-state index contributed by atoms with van der Waals surface area (Å²) >= 11 is 1.43. The van der Waals surface area contributed by atoms with Crippen LogP contribution in [-0.2, 0) is 12.3 Å². The molecule has 0 aliphatic rings. The zero-order valence-electron chi connectivity index (χ0n) is 14.9. The van der Waals surface area contributed by atoms with Crippen molar-refractivity contribution in [2.24, 2.45) is 0 Å². The highest BCUT2D eigenvalue weighted by Gasteiger charge is 2.13. The number of nitrogens with zero attached hydrogens (tertiary/aromatic N) is 1. The number of amides is 1. The molecule has 0 radical (unpaired) electrons. The van der Waals surface area contributed by atoms with Gasteiger partial charge in [0.25, 0.3) is 11.1 Å². The first-order chi connectivity index (χ1) is 13.7. The van der Waals surface area contributed by atoms with Crippen molar-refractivity contribution < 1.29 is 13.6 Å². The highest BCUT2D eigenvalue weighted by atomic mass is 32.2. The molecule has 0 saturated carbocycles. The van der Waals surface area contributed by atoms with Gasteiger partial charge in [0.05, 0.1) is 0 Å². The fourth-order valence-corrected chi connectivity index (χ4v) is 3.67. The van der Waals surface area contributed by atoms with Crippen LogP contribution in [-0.4, -0.2) is 10.9 Å². The normalized spacial score (nSPS) is 10.9. The number of hydrogen-bond donors (Lipinski definition) is 1. The van der Waals surface area contributed by atoms with E-state index < -0.39 is 0 Å². The Bertz CT molecular complexity index is 1090. The van der Waals surface area contributed by atoms with E-state index in [1.807, 2.05) is 42.5 Å². The van der Waals surface area contributed by atoms with Crippen LogP contribution in [0.5, 0.6) is 0 Å².